The van der Waals surface area contributed by atoms with Crippen LogP contribution in [0.15, 0.2) is 62.8 Å². The summed E-state index contributed by atoms with van der Waals surface area (Å²) in [4.78, 5) is 45.2. The number of fused-ring (bicyclic) bond motifs is 2. The van der Waals surface area contributed by atoms with E-state index >= 15 is 0 Å². The first-order chi connectivity index (χ1) is 18.3. The quantitative estimate of drug-likeness (QED) is 0.328. The standard InChI is InChI=1S/C28H27N3O5S2/c1-5-35-23(32)15-30-17(4)19(18-10-7-8-11-20(18)30)14-22-26(33)31-25(21-12-9-13-37-21)24(27(34)36-6-2)16(3)29-28(31)38-22/h7-14,25H,5-6,15H2,1-4H3/b22-14-/t25-/m1/s1. The van der Waals surface area contributed by atoms with Gasteiger partial charge in [0.1, 0.15) is 12.6 Å². The van der Waals surface area contributed by atoms with Crippen LogP contribution in [0.2, 0.25) is 0 Å². The first-order valence-corrected chi connectivity index (χ1v) is 14.0. The summed E-state index contributed by atoms with van der Waals surface area (Å²) in [6.07, 6.45) is 1.86. The lowest BCUT2D eigenvalue weighted by molar-refractivity contribution is -0.143. The van der Waals surface area contributed by atoms with Gasteiger partial charge >= 0.3 is 11.9 Å². The number of carbonyl (C=O) groups excluding carboxylic acids is 2. The van der Waals surface area contributed by atoms with Gasteiger partial charge in [-0.05, 0) is 51.3 Å². The normalized spacial score (nSPS) is 15.5. The molecule has 8 nitrogen and oxygen atoms in total. The molecular weight excluding hydrogens is 522 g/mol. The molecule has 5 rings (SSSR count). The third kappa shape index (κ3) is 4.43. The van der Waals surface area contributed by atoms with Gasteiger partial charge in [-0.2, -0.15) is 0 Å². The molecule has 0 aliphatic carbocycles. The average Bonchev–Trinajstić information content (AvgIpc) is 3.59. The van der Waals surface area contributed by atoms with E-state index in [0.29, 0.717) is 27.2 Å². The molecule has 0 saturated carbocycles. The van der Waals surface area contributed by atoms with Gasteiger partial charge in [-0.3, -0.25) is 14.2 Å². The van der Waals surface area contributed by atoms with E-state index in [2.05, 4.69) is 4.99 Å². The number of rotatable bonds is 7. The van der Waals surface area contributed by atoms with Crippen molar-refractivity contribution in [2.24, 2.45) is 4.99 Å². The molecule has 0 amide bonds. The Morgan fingerprint density at radius 3 is 2.55 bits per heavy atom. The number of carbonyl (C=O) groups is 2. The van der Waals surface area contributed by atoms with E-state index in [-0.39, 0.29) is 24.7 Å². The molecule has 3 aromatic heterocycles. The molecule has 0 radical (unpaired) electrons. The van der Waals surface area contributed by atoms with E-state index < -0.39 is 12.0 Å². The van der Waals surface area contributed by atoms with Gasteiger partial charge in [0.25, 0.3) is 5.56 Å². The highest BCUT2D eigenvalue weighted by Crippen LogP contribution is 2.33. The van der Waals surface area contributed by atoms with E-state index in [1.807, 2.05) is 59.3 Å². The highest BCUT2D eigenvalue weighted by Gasteiger charge is 2.34. The molecule has 0 spiro atoms. The SMILES string of the molecule is CCOC(=O)Cn1c(C)c(/C=c2\sc3n(c2=O)[C@H](c2cccs2)C(C(=O)OCC)=C(C)N=3)c2ccccc21. The topological polar surface area (TPSA) is 91.9 Å². The summed E-state index contributed by atoms with van der Waals surface area (Å²) in [5.41, 5.74) is 3.26. The number of thiophene rings is 1. The molecule has 0 saturated heterocycles. The molecule has 1 aliphatic heterocycles. The number of para-hydroxylation sites is 1. The van der Waals surface area contributed by atoms with Gasteiger partial charge in [0.05, 0.1) is 29.0 Å². The van der Waals surface area contributed by atoms with E-state index in [9.17, 15) is 14.4 Å². The predicted octanol–water partition coefficient (Wildman–Crippen LogP) is 3.69. The van der Waals surface area contributed by atoms with E-state index in [0.717, 1.165) is 27.0 Å². The monoisotopic (exact) mass is 549 g/mol. The third-order valence-electron chi connectivity index (χ3n) is 6.48. The number of benzene rings is 1. The van der Waals surface area contributed by atoms with E-state index in [4.69, 9.17) is 9.47 Å². The molecule has 4 aromatic rings. The number of esters is 2. The van der Waals surface area contributed by atoms with Crippen LogP contribution in [-0.4, -0.2) is 34.3 Å². The number of allylic oxidation sites excluding steroid dienone is 1. The molecule has 196 valence electrons. The molecule has 4 heterocycles. The smallest absolute Gasteiger partial charge is 0.338 e. The van der Waals surface area contributed by atoms with Crippen LogP contribution in [0.4, 0.5) is 0 Å². The minimum absolute atomic E-state index is 0.0791. The van der Waals surface area contributed by atoms with Crippen molar-refractivity contribution >= 4 is 51.6 Å². The predicted molar refractivity (Wildman–Crippen MR) is 148 cm³/mol. The minimum atomic E-state index is -0.612. The number of hydrogen-bond donors (Lipinski definition) is 0. The van der Waals surface area contributed by atoms with Gasteiger partial charge < -0.3 is 14.0 Å². The Hall–Kier alpha value is -3.76. The van der Waals surface area contributed by atoms with Crippen LogP contribution < -0.4 is 14.9 Å². The van der Waals surface area contributed by atoms with Gasteiger partial charge in [0.2, 0.25) is 0 Å². The van der Waals surface area contributed by atoms with Gasteiger partial charge in [-0.15, -0.1) is 11.3 Å². The van der Waals surface area contributed by atoms with Crippen molar-refractivity contribution in [1.29, 1.82) is 0 Å². The summed E-state index contributed by atoms with van der Waals surface area (Å²) >= 11 is 2.76. The van der Waals surface area contributed by atoms with Crippen LogP contribution in [0.1, 0.15) is 42.9 Å². The number of hydrogen-bond acceptors (Lipinski definition) is 8. The molecule has 1 aliphatic rings. The lowest BCUT2D eigenvalue weighted by Crippen LogP contribution is -2.39. The van der Waals surface area contributed by atoms with Crippen molar-refractivity contribution < 1.29 is 19.1 Å². The number of nitrogens with zero attached hydrogens (tertiary/aromatic N) is 3. The zero-order valence-electron chi connectivity index (χ0n) is 21.5. The van der Waals surface area contributed by atoms with Crippen LogP contribution >= 0.6 is 22.7 Å². The maximum absolute atomic E-state index is 13.9. The molecule has 0 N–H and O–H groups in total. The lowest BCUT2D eigenvalue weighted by atomic mass is 10.0. The maximum Gasteiger partial charge on any atom is 0.338 e. The molecule has 0 fully saturated rings. The molecule has 0 bridgehead atoms. The Bertz CT molecular complexity index is 1760. The first kappa shape index (κ1) is 25.9. The Morgan fingerprint density at radius 1 is 1.08 bits per heavy atom. The Balaban J connectivity index is 1.71. The van der Waals surface area contributed by atoms with Gasteiger partial charge in [-0.25, -0.2) is 9.79 Å². The highest BCUT2D eigenvalue weighted by molar-refractivity contribution is 7.10. The van der Waals surface area contributed by atoms with Crippen LogP contribution in [-0.2, 0) is 25.6 Å². The van der Waals surface area contributed by atoms with E-state index in [1.165, 1.54) is 22.7 Å². The van der Waals surface area contributed by atoms with Crippen LogP contribution in [0.5, 0.6) is 0 Å². The Morgan fingerprint density at radius 2 is 1.84 bits per heavy atom. The van der Waals surface area contributed by atoms with Crippen LogP contribution in [0.25, 0.3) is 17.0 Å². The van der Waals surface area contributed by atoms with Gasteiger partial charge in [0, 0.05) is 27.0 Å². The molecule has 0 unspecified atom stereocenters. The third-order valence-corrected chi connectivity index (χ3v) is 8.39. The van der Waals surface area contributed by atoms with E-state index in [1.54, 1.807) is 25.3 Å². The van der Waals surface area contributed by atoms with Crippen molar-refractivity contribution in [1.82, 2.24) is 9.13 Å². The van der Waals surface area contributed by atoms with Crippen molar-refractivity contribution in [2.45, 2.75) is 40.3 Å². The largest absolute Gasteiger partial charge is 0.465 e. The van der Waals surface area contributed by atoms with Crippen molar-refractivity contribution in [3.8, 4) is 0 Å². The summed E-state index contributed by atoms with van der Waals surface area (Å²) in [5, 5.41) is 2.85. The zero-order valence-corrected chi connectivity index (χ0v) is 23.1. The van der Waals surface area contributed by atoms with Crippen molar-refractivity contribution in [2.75, 3.05) is 13.2 Å². The van der Waals surface area contributed by atoms with Gasteiger partial charge in [0.15, 0.2) is 4.80 Å². The van der Waals surface area contributed by atoms with Crippen LogP contribution in [0.3, 0.4) is 0 Å². The summed E-state index contributed by atoms with van der Waals surface area (Å²) in [6.45, 7) is 7.86. The molecule has 1 atom stereocenters. The molecule has 38 heavy (non-hydrogen) atoms. The summed E-state index contributed by atoms with van der Waals surface area (Å²) in [5.74, 6) is -0.792. The number of ether oxygens (including phenoxy) is 2. The van der Waals surface area contributed by atoms with Crippen molar-refractivity contribution in [3.05, 3.63) is 88.9 Å². The van der Waals surface area contributed by atoms with Crippen LogP contribution in [0, 0.1) is 6.92 Å². The second-order valence-corrected chi connectivity index (χ2v) is 10.7. The average molecular weight is 550 g/mol. The van der Waals surface area contributed by atoms with Gasteiger partial charge in [-0.1, -0.05) is 35.6 Å². The highest BCUT2D eigenvalue weighted by atomic mass is 32.1. The lowest BCUT2D eigenvalue weighted by Gasteiger charge is -2.23. The first-order valence-electron chi connectivity index (χ1n) is 12.3. The maximum atomic E-state index is 13.9. The fourth-order valence-corrected chi connectivity index (χ4v) is 6.67. The fraction of sp³-hybridized carbons (Fsp3) is 0.286. The second kappa shape index (κ2) is 10.5. The summed E-state index contributed by atoms with van der Waals surface area (Å²) in [6, 6.07) is 11.0. The Labute approximate surface area is 226 Å². The minimum Gasteiger partial charge on any atom is -0.465 e. The summed E-state index contributed by atoms with van der Waals surface area (Å²) in [7, 11) is 0. The second-order valence-electron chi connectivity index (χ2n) is 8.73. The molecule has 10 heteroatoms. The fourth-order valence-electron chi connectivity index (χ4n) is 4.82. The zero-order chi connectivity index (χ0) is 27.0. The number of thiazole rings is 1. The summed E-state index contributed by atoms with van der Waals surface area (Å²) < 4.78 is 14.5. The number of aromatic nitrogens is 2. The molecular formula is C28H27N3O5S2. The molecule has 1 aromatic carbocycles. The van der Waals surface area contributed by atoms with Crippen molar-refractivity contribution in [3.63, 3.8) is 0 Å². The Kier molecular flexibility index (Phi) is 7.18.